The van der Waals surface area contributed by atoms with Gasteiger partial charge in [0.15, 0.2) is 18.4 Å². The monoisotopic (exact) mass is 768 g/mol. The molecule has 2 saturated carbocycles. The number of ketones is 1. The molecule has 54 heavy (non-hydrogen) atoms. The number of fused-ring (bicyclic) bond motifs is 5. The summed E-state index contributed by atoms with van der Waals surface area (Å²) in [5.74, 6) is 1.15. The number of aliphatic hydroxyl groups excluding tert-OH is 9. The predicted octanol–water partition coefficient (Wildman–Crippen LogP) is -0.791. The van der Waals surface area contributed by atoms with Crippen molar-refractivity contribution in [1.29, 1.82) is 0 Å². The van der Waals surface area contributed by atoms with Crippen molar-refractivity contribution < 1.29 is 74.4 Å². The highest BCUT2D eigenvalue weighted by Crippen LogP contribution is 2.65. The maximum absolute atomic E-state index is 12.6. The summed E-state index contributed by atoms with van der Waals surface area (Å²) in [4.78, 5) is 12.6. The van der Waals surface area contributed by atoms with Gasteiger partial charge in [-0.2, -0.15) is 0 Å². The molecule has 0 aromatic carbocycles. The third-order valence-corrected chi connectivity index (χ3v) is 14.7. The second kappa shape index (κ2) is 15.4. The molecular formula is C39H60O15. The number of Topliss-reactive ketones (excluding diaryl/α,β-unsaturated/α-hetero) is 1. The van der Waals surface area contributed by atoms with Crippen LogP contribution in [0.25, 0.3) is 0 Å². The molecule has 21 atom stereocenters. The van der Waals surface area contributed by atoms with E-state index in [1.54, 1.807) is 6.92 Å². The van der Waals surface area contributed by atoms with Gasteiger partial charge in [-0.15, -0.1) is 0 Å². The maximum atomic E-state index is 12.6. The Balaban J connectivity index is 1.18. The summed E-state index contributed by atoms with van der Waals surface area (Å²) in [6.45, 7) is 6.44. The van der Waals surface area contributed by atoms with Gasteiger partial charge in [-0.25, -0.2) is 0 Å². The lowest BCUT2D eigenvalue weighted by Gasteiger charge is -2.59. The lowest BCUT2D eigenvalue weighted by molar-refractivity contribution is -0.372. The van der Waals surface area contributed by atoms with E-state index >= 15 is 0 Å². The van der Waals surface area contributed by atoms with E-state index in [4.69, 9.17) is 23.7 Å². The molecule has 15 nitrogen and oxygen atoms in total. The summed E-state index contributed by atoms with van der Waals surface area (Å²) in [6.07, 6.45) is -11.5. The number of hydrogen-bond acceptors (Lipinski definition) is 15. The lowest BCUT2D eigenvalue weighted by Crippen LogP contribution is -2.67. The average molecular weight is 769 g/mol. The first kappa shape index (κ1) is 40.8. The lowest BCUT2D eigenvalue weighted by atomic mass is 9.46. The van der Waals surface area contributed by atoms with Crippen molar-refractivity contribution in [3.63, 3.8) is 0 Å². The number of hydrogen-bond donors (Lipinski definition) is 9. The van der Waals surface area contributed by atoms with E-state index in [-0.39, 0.29) is 22.5 Å². The molecule has 0 spiro atoms. The zero-order chi connectivity index (χ0) is 39.0. The van der Waals surface area contributed by atoms with E-state index < -0.39 is 105 Å². The Labute approximate surface area is 315 Å². The van der Waals surface area contributed by atoms with E-state index in [0.717, 1.165) is 37.7 Å². The summed E-state index contributed by atoms with van der Waals surface area (Å²) in [5.41, 5.74) is 2.03. The largest absolute Gasteiger partial charge is 0.394 e. The van der Waals surface area contributed by atoms with Gasteiger partial charge < -0.3 is 69.6 Å². The van der Waals surface area contributed by atoms with Crippen molar-refractivity contribution in [2.24, 2.45) is 34.5 Å². The molecule has 0 bridgehead atoms. The molecule has 15 heteroatoms. The van der Waals surface area contributed by atoms with Crippen LogP contribution >= 0.6 is 0 Å². The average Bonchev–Trinajstić information content (AvgIpc) is 3.51. The molecule has 9 N–H and O–H groups in total. The SMILES string of the molecule is CC(=O)C1=CC[C@H]2[C@@H]3CC=C4C[C@@H]([C@@H]5O[C@H](CO)[C@@H](O)[C@H](O[C@@H]6O[C@H](CO)[C@@H](O)[C@H](O)[C@H]6O)[C@H]5O[C@@H]5O[C@@H](C)[C@H](O)[C@@H](O)[C@H]5O)CC[C@]4(C)[C@H]3CC[C@]12C. The van der Waals surface area contributed by atoms with Crippen LogP contribution in [0.3, 0.4) is 0 Å². The van der Waals surface area contributed by atoms with E-state index in [0.29, 0.717) is 30.6 Å². The van der Waals surface area contributed by atoms with Crippen molar-refractivity contribution in [2.75, 3.05) is 13.2 Å². The molecule has 5 fully saturated rings. The quantitative estimate of drug-likeness (QED) is 0.137. The third-order valence-electron chi connectivity index (χ3n) is 14.7. The van der Waals surface area contributed by atoms with Crippen LogP contribution in [-0.4, -0.2) is 157 Å². The Kier molecular flexibility index (Phi) is 11.6. The number of carbonyl (C=O) groups is 1. The number of allylic oxidation sites excluding steroid dienone is 4. The van der Waals surface area contributed by atoms with Crippen LogP contribution in [0.2, 0.25) is 0 Å². The fourth-order valence-electron chi connectivity index (χ4n) is 11.5. The van der Waals surface area contributed by atoms with Gasteiger partial charge in [-0.1, -0.05) is 31.6 Å². The van der Waals surface area contributed by atoms with Crippen molar-refractivity contribution >= 4 is 5.78 Å². The highest BCUT2D eigenvalue weighted by molar-refractivity contribution is 5.95. The van der Waals surface area contributed by atoms with Crippen molar-refractivity contribution in [1.82, 2.24) is 0 Å². The van der Waals surface area contributed by atoms with E-state index in [1.165, 1.54) is 12.5 Å². The maximum Gasteiger partial charge on any atom is 0.187 e. The first-order chi connectivity index (χ1) is 25.5. The molecular weight excluding hydrogens is 708 g/mol. The number of rotatable bonds is 8. The zero-order valence-corrected chi connectivity index (χ0v) is 31.5. The Morgan fingerprint density at radius 1 is 0.722 bits per heavy atom. The molecule has 0 aromatic heterocycles. The highest BCUT2D eigenvalue weighted by Gasteiger charge is 2.60. The molecule has 0 amide bonds. The van der Waals surface area contributed by atoms with Gasteiger partial charge in [-0.3, -0.25) is 4.79 Å². The van der Waals surface area contributed by atoms with Gasteiger partial charge >= 0.3 is 0 Å². The summed E-state index contributed by atoms with van der Waals surface area (Å²) in [7, 11) is 0. The van der Waals surface area contributed by atoms with Gasteiger partial charge in [0.2, 0.25) is 0 Å². The molecule has 3 saturated heterocycles. The zero-order valence-electron chi connectivity index (χ0n) is 31.5. The Morgan fingerprint density at radius 2 is 1.33 bits per heavy atom. The number of ether oxygens (including phenoxy) is 5. The summed E-state index contributed by atoms with van der Waals surface area (Å²) < 4.78 is 30.5. The molecule has 3 aliphatic heterocycles. The van der Waals surface area contributed by atoms with Gasteiger partial charge in [0.05, 0.1) is 25.4 Å². The fourth-order valence-corrected chi connectivity index (χ4v) is 11.5. The third kappa shape index (κ3) is 6.67. The fraction of sp³-hybridized carbons (Fsp3) is 0.872. The van der Waals surface area contributed by atoms with E-state index in [2.05, 4.69) is 26.0 Å². The molecule has 0 aromatic rings. The highest BCUT2D eigenvalue weighted by atomic mass is 16.7. The summed E-state index contributed by atoms with van der Waals surface area (Å²) in [5, 5.41) is 95.7. The summed E-state index contributed by atoms with van der Waals surface area (Å²) in [6, 6.07) is 0. The smallest absolute Gasteiger partial charge is 0.187 e. The molecule has 4 aliphatic carbocycles. The van der Waals surface area contributed by atoms with Crippen LogP contribution in [0, 0.1) is 34.5 Å². The first-order valence-electron chi connectivity index (χ1n) is 19.7. The predicted molar refractivity (Wildman–Crippen MR) is 187 cm³/mol. The normalized spacial score (nSPS) is 53.5. The molecule has 7 aliphatic rings. The van der Waals surface area contributed by atoms with Crippen molar-refractivity contribution in [3.8, 4) is 0 Å². The van der Waals surface area contributed by atoms with Gasteiger partial charge in [0, 0.05) is 0 Å². The Bertz CT molecular complexity index is 1440. The van der Waals surface area contributed by atoms with Gasteiger partial charge in [0.1, 0.15) is 67.1 Å². The van der Waals surface area contributed by atoms with Crippen LogP contribution in [0.5, 0.6) is 0 Å². The van der Waals surface area contributed by atoms with Crippen LogP contribution in [0.4, 0.5) is 0 Å². The van der Waals surface area contributed by atoms with Crippen molar-refractivity contribution in [3.05, 3.63) is 23.3 Å². The molecule has 0 unspecified atom stereocenters. The minimum absolute atomic E-state index is 0.106. The molecule has 7 rings (SSSR count). The minimum Gasteiger partial charge on any atom is -0.394 e. The second-order valence-corrected chi connectivity index (χ2v) is 17.5. The first-order valence-corrected chi connectivity index (χ1v) is 19.7. The summed E-state index contributed by atoms with van der Waals surface area (Å²) >= 11 is 0. The van der Waals surface area contributed by atoms with Crippen LogP contribution in [0.1, 0.15) is 72.6 Å². The minimum atomic E-state index is -1.81. The standard InChI is InChI=1S/C39H60O15/c1-16(42)21-7-8-22-20-6-5-19-13-18(9-11-38(19,3)23(20)10-12-39(21,22)4)33-35(54-36-31(48)29(46)26(43)17(2)50-36)34(28(45)25(15-41)51-33)53-37-32(49)30(47)27(44)24(14-40)52-37/h5,7,17-18,20,22-37,40-41,43-49H,6,8-15H2,1-4H3/t17-,18-,20-,22-,23-,24+,25+,26-,27+,28+,29+,30-,31+,32+,33-,34-,35-,36-,37-,38-,39+/m0/s1. The van der Waals surface area contributed by atoms with Crippen LogP contribution < -0.4 is 0 Å². The van der Waals surface area contributed by atoms with Crippen LogP contribution in [0.15, 0.2) is 23.3 Å². The topological polar surface area (TPSA) is 245 Å². The number of carbonyl (C=O) groups excluding carboxylic acids is 1. The number of aliphatic hydroxyl groups is 9. The van der Waals surface area contributed by atoms with Gasteiger partial charge in [-0.05, 0) is 98.9 Å². The van der Waals surface area contributed by atoms with Gasteiger partial charge in [0.25, 0.3) is 0 Å². The molecule has 306 valence electrons. The molecule has 0 radical (unpaired) electrons. The van der Waals surface area contributed by atoms with Crippen molar-refractivity contribution in [2.45, 2.75) is 165 Å². The van der Waals surface area contributed by atoms with Crippen LogP contribution in [-0.2, 0) is 28.5 Å². The van der Waals surface area contributed by atoms with E-state index in [9.17, 15) is 50.8 Å². The Morgan fingerprint density at radius 3 is 2.00 bits per heavy atom. The molecule has 3 heterocycles. The second-order valence-electron chi connectivity index (χ2n) is 17.5. The van der Waals surface area contributed by atoms with E-state index in [1.807, 2.05) is 0 Å². The Hall–Kier alpha value is -1.41.